The Kier molecular flexibility index (Phi) is 11.2. The molecule has 4 aromatic carbocycles. The van der Waals surface area contributed by atoms with Crippen LogP contribution in [0.5, 0.6) is 5.75 Å². The number of aromatic nitrogens is 1. The number of aliphatic hydroxyl groups excluding tert-OH is 1. The summed E-state index contributed by atoms with van der Waals surface area (Å²) in [4.78, 5) is 18.2. The number of carbonyl (C=O) groups excluding carboxylic acids is 1. The van der Waals surface area contributed by atoms with Crippen LogP contribution in [0.15, 0.2) is 97.2 Å². The predicted molar refractivity (Wildman–Crippen MR) is 193 cm³/mol. The summed E-state index contributed by atoms with van der Waals surface area (Å²) in [5.41, 5.74) is 6.12. The number of carbonyl (C=O) groups is 1. The van der Waals surface area contributed by atoms with Crippen molar-refractivity contribution in [2.75, 3.05) is 30.6 Å². The molecule has 0 saturated carbocycles. The first-order chi connectivity index (χ1) is 23.1. The molecule has 0 fully saturated rings. The smallest absolute Gasteiger partial charge is 0.255 e. The zero-order valence-corrected chi connectivity index (χ0v) is 28.7. The zero-order valence-electron chi connectivity index (χ0n) is 27.9. The Morgan fingerprint density at radius 1 is 0.958 bits per heavy atom. The molecule has 0 aliphatic heterocycles. The van der Waals surface area contributed by atoms with Crippen molar-refractivity contribution in [3.8, 4) is 16.9 Å². The number of aromatic amines is 1. The Hall–Kier alpha value is -4.64. The minimum Gasteiger partial charge on any atom is -0.487 e. The number of ether oxygens (including phenoxy) is 1. The van der Waals surface area contributed by atoms with Crippen LogP contribution >= 0.6 is 0 Å². The Balaban J connectivity index is 1.30. The second-order valence-electron chi connectivity index (χ2n) is 12.0. The maximum absolute atomic E-state index is 13.1. The van der Waals surface area contributed by atoms with Crippen molar-refractivity contribution in [1.82, 2.24) is 15.2 Å². The fourth-order valence-corrected chi connectivity index (χ4v) is 6.51. The van der Waals surface area contributed by atoms with Crippen molar-refractivity contribution >= 4 is 32.5 Å². The highest BCUT2D eigenvalue weighted by atomic mass is 32.2. The number of amides is 1. The standard InChI is InChI=1S/C38H44N4O5S/c1-5-42(6-2)38(44)33-18-12-17-31-29(23-40-37(31)33)21-26(3)39-24-35(43)32-16-11-10-15-30(32)28-19-20-36(34(22-28)41-48(4,45)46)47-25-27-13-8-7-9-14-27/h7-20,22-23,26,35,39-41,43H,5-6,21,24-25H2,1-4H3/t26-,35+/m1/s1. The number of para-hydroxylation sites is 1. The molecular formula is C38H44N4O5S. The SMILES string of the molecule is CCN(CC)C(=O)c1cccc2c(C[C@@H](C)NC[C@H](O)c3ccccc3-c3ccc(OCc4ccccc4)c(NS(C)(=O)=O)c3)c[nH]c12. The van der Waals surface area contributed by atoms with Crippen molar-refractivity contribution in [1.29, 1.82) is 0 Å². The monoisotopic (exact) mass is 668 g/mol. The average molecular weight is 669 g/mol. The van der Waals surface area contributed by atoms with Crippen LogP contribution in [0.4, 0.5) is 5.69 Å². The molecular weight excluding hydrogens is 625 g/mol. The quantitative estimate of drug-likeness (QED) is 0.101. The van der Waals surface area contributed by atoms with Crippen LogP contribution in [0, 0.1) is 0 Å². The highest BCUT2D eigenvalue weighted by Gasteiger charge is 2.20. The predicted octanol–water partition coefficient (Wildman–Crippen LogP) is 6.52. The molecule has 48 heavy (non-hydrogen) atoms. The number of nitrogens with zero attached hydrogens (tertiary/aromatic N) is 1. The average Bonchev–Trinajstić information content (AvgIpc) is 3.49. The van der Waals surface area contributed by atoms with E-state index >= 15 is 0 Å². The van der Waals surface area contributed by atoms with Gasteiger partial charge in [-0.1, -0.05) is 72.8 Å². The summed E-state index contributed by atoms with van der Waals surface area (Å²) in [6, 6.07) is 28.4. The number of benzene rings is 4. The molecule has 10 heteroatoms. The zero-order chi connectivity index (χ0) is 34.3. The third kappa shape index (κ3) is 8.44. The summed E-state index contributed by atoms with van der Waals surface area (Å²) in [5, 5.41) is 15.9. The van der Waals surface area contributed by atoms with E-state index in [1.807, 2.05) is 104 Å². The fourth-order valence-electron chi connectivity index (χ4n) is 5.95. The van der Waals surface area contributed by atoms with Gasteiger partial charge < -0.3 is 25.0 Å². The molecule has 0 aliphatic rings. The van der Waals surface area contributed by atoms with Gasteiger partial charge in [0.25, 0.3) is 5.91 Å². The van der Waals surface area contributed by atoms with Crippen molar-refractivity contribution < 1.29 is 23.1 Å². The number of rotatable bonds is 15. The van der Waals surface area contributed by atoms with Crippen molar-refractivity contribution in [3.05, 3.63) is 119 Å². The number of hydrogen-bond donors (Lipinski definition) is 4. The van der Waals surface area contributed by atoms with E-state index in [-0.39, 0.29) is 18.6 Å². The molecule has 0 spiro atoms. The van der Waals surface area contributed by atoms with Crippen LogP contribution in [0.1, 0.15) is 53.9 Å². The number of H-pyrrole nitrogens is 1. The maximum Gasteiger partial charge on any atom is 0.255 e. The number of fused-ring (bicyclic) bond motifs is 1. The Labute approximate surface area is 283 Å². The molecule has 0 aliphatic carbocycles. The van der Waals surface area contributed by atoms with Crippen LogP contribution in [0.25, 0.3) is 22.0 Å². The van der Waals surface area contributed by atoms with E-state index in [1.165, 1.54) is 0 Å². The number of anilines is 1. The molecule has 5 rings (SSSR count). The minimum atomic E-state index is -3.59. The summed E-state index contributed by atoms with van der Waals surface area (Å²) in [5.74, 6) is 0.420. The first-order valence-electron chi connectivity index (χ1n) is 16.3. The van der Waals surface area contributed by atoms with E-state index in [0.717, 1.165) is 39.4 Å². The van der Waals surface area contributed by atoms with Gasteiger partial charge in [-0.3, -0.25) is 9.52 Å². The Bertz CT molecular complexity index is 1950. The molecule has 1 heterocycles. The summed E-state index contributed by atoms with van der Waals surface area (Å²) >= 11 is 0. The largest absolute Gasteiger partial charge is 0.487 e. The van der Waals surface area contributed by atoms with Gasteiger partial charge in [0.2, 0.25) is 10.0 Å². The third-order valence-electron chi connectivity index (χ3n) is 8.41. The van der Waals surface area contributed by atoms with Crippen molar-refractivity contribution in [3.63, 3.8) is 0 Å². The molecule has 0 bridgehead atoms. The van der Waals surface area contributed by atoms with E-state index in [1.54, 1.807) is 12.1 Å². The first-order valence-corrected chi connectivity index (χ1v) is 18.1. The first kappa shape index (κ1) is 34.7. The van der Waals surface area contributed by atoms with E-state index in [0.29, 0.717) is 48.6 Å². The lowest BCUT2D eigenvalue weighted by Gasteiger charge is -2.21. The Morgan fingerprint density at radius 2 is 1.69 bits per heavy atom. The molecule has 1 amide bonds. The van der Waals surface area contributed by atoms with Crippen molar-refractivity contribution in [2.45, 2.75) is 45.9 Å². The van der Waals surface area contributed by atoms with Gasteiger partial charge in [0, 0.05) is 37.3 Å². The number of sulfonamides is 1. The van der Waals surface area contributed by atoms with Crippen LogP contribution in [0.2, 0.25) is 0 Å². The van der Waals surface area contributed by atoms with Crippen LogP contribution in [-0.2, 0) is 23.1 Å². The molecule has 0 unspecified atom stereocenters. The summed E-state index contributed by atoms with van der Waals surface area (Å²) in [6.07, 6.45) is 2.93. The van der Waals surface area contributed by atoms with Gasteiger partial charge >= 0.3 is 0 Å². The van der Waals surface area contributed by atoms with Gasteiger partial charge in [-0.05, 0) is 73.2 Å². The van der Waals surface area contributed by atoms with Crippen molar-refractivity contribution in [2.24, 2.45) is 0 Å². The van der Waals surface area contributed by atoms with Gasteiger partial charge in [0.05, 0.1) is 29.1 Å². The van der Waals surface area contributed by atoms with E-state index in [2.05, 4.69) is 21.9 Å². The molecule has 2 atom stereocenters. The topological polar surface area (TPSA) is 124 Å². The summed E-state index contributed by atoms with van der Waals surface area (Å²) < 4.78 is 33.1. The molecule has 1 aromatic heterocycles. The number of hydrogen-bond acceptors (Lipinski definition) is 6. The molecule has 9 nitrogen and oxygen atoms in total. The van der Waals surface area contributed by atoms with Crippen LogP contribution in [0.3, 0.4) is 0 Å². The van der Waals surface area contributed by atoms with Gasteiger partial charge in [-0.25, -0.2) is 8.42 Å². The second kappa shape index (κ2) is 15.5. The molecule has 5 aromatic rings. The summed E-state index contributed by atoms with van der Waals surface area (Å²) in [7, 11) is -3.59. The highest BCUT2D eigenvalue weighted by molar-refractivity contribution is 7.92. The van der Waals surface area contributed by atoms with Crippen LogP contribution in [-0.4, -0.2) is 61.2 Å². The number of aliphatic hydroxyl groups is 1. The fraction of sp³-hybridized carbons (Fsp3) is 0.289. The molecule has 0 saturated heterocycles. The van der Waals surface area contributed by atoms with E-state index < -0.39 is 16.1 Å². The van der Waals surface area contributed by atoms with Crippen LogP contribution < -0.4 is 14.8 Å². The molecule has 252 valence electrons. The Morgan fingerprint density at radius 3 is 2.42 bits per heavy atom. The third-order valence-corrected chi connectivity index (χ3v) is 9.00. The second-order valence-corrected chi connectivity index (χ2v) is 13.7. The molecule has 4 N–H and O–H groups in total. The number of nitrogens with one attached hydrogen (secondary N) is 3. The van der Waals surface area contributed by atoms with Gasteiger partial charge in [0.1, 0.15) is 12.4 Å². The van der Waals surface area contributed by atoms with Gasteiger partial charge in [-0.15, -0.1) is 0 Å². The van der Waals surface area contributed by atoms with Gasteiger partial charge in [-0.2, -0.15) is 0 Å². The lowest BCUT2D eigenvalue weighted by molar-refractivity contribution is 0.0774. The van der Waals surface area contributed by atoms with E-state index in [9.17, 15) is 18.3 Å². The normalized spacial score (nSPS) is 12.9. The summed E-state index contributed by atoms with van der Waals surface area (Å²) in [6.45, 7) is 7.92. The highest BCUT2D eigenvalue weighted by Crippen LogP contribution is 2.35. The van der Waals surface area contributed by atoms with Gasteiger partial charge in [0.15, 0.2) is 0 Å². The lowest BCUT2D eigenvalue weighted by atomic mass is 9.95. The maximum atomic E-state index is 13.1. The molecule has 0 radical (unpaired) electrons. The van der Waals surface area contributed by atoms with E-state index in [4.69, 9.17) is 4.74 Å². The minimum absolute atomic E-state index is 0.0144. The lowest BCUT2D eigenvalue weighted by Crippen LogP contribution is -2.32.